The number of imidazole rings is 1. The fourth-order valence-corrected chi connectivity index (χ4v) is 3.38. The molecule has 0 bridgehead atoms. The zero-order valence-corrected chi connectivity index (χ0v) is 15.2. The number of rotatable bonds is 5. The second kappa shape index (κ2) is 7.47. The molecule has 1 atom stereocenters. The number of aromatic nitrogens is 2. The number of pyridine rings is 1. The van der Waals surface area contributed by atoms with E-state index in [0.29, 0.717) is 16.6 Å². The van der Waals surface area contributed by atoms with Crippen molar-refractivity contribution in [2.24, 2.45) is 0 Å². The third-order valence-corrected chi connectivity index (χ3v) is 4.99. The van der Waals surface area contributed by atoms with Gasteiger partial charge in [0.25, 0.3) is 0 Å². The minimum Gasteiger partial charge on any atom is -0.349 e. The van der Waals surface area contributed by atoms with Crippen LogP contribution in [0.15, 0.2) is 53.7 Å². The number of carbonyl (C=O) groups excluding carboxylic acids is 1. The Labute approximate surface area is 154 Å². The van der Waals surface area contributed by atoms with Crippen LogP contribution in [0.5, 0.6) is 0 Å². The second-order valence-corrected chi connectivity index (χ2v) is 7.56. The summed E-state index contributed by atoms with van der Waals surface area (Å²) in [7, 11) is 0. The van der Waals surface area contributed by atoms with Gasteiger partial charge in [0.1, 0.15) is 5.65 Å². The van der Waals surface area contributed by atoms with Crippen molar-refractivity contribution in [3.63, 3.8) is 0 Å². The van der Waals surface area contributed by atoms with E-state index >= 15 is 0 Å². The van der Waals surface area contributed by atoms with Gasteiger partial charge in [-0.05, 0) is 43.3 Å². The van der Waals surface area contributed by atoms with Crippen LogP contribution >= 0.6 is 35.0 Å². The molecule has 7 heteroatoms. The van der Waals surface area contributed by atoms with Gasteiger partial charge in [0.05, 0.1) is 22.5 Å². The number of thioether (sulfide) groups is 1. The highest BCUT2D eigenvalue weighted by Gasteiger charge is 2.14. The summed E-state index contributed by atoms with van der Waals surface area (Å²) in [4.78, 5) is 17.7. The van der Waals surface area contributed by atoms with Crippen molar-refractivity contribution in [1.82, 2.24) is 14.7 Å². The first-order chi connectivity index (χ1) is 11.5. The summed E-state index contributed by atoms with van der Waals surface area (Å²) in [6, 6.07) is 11.1. The molecule has 2 heterocycles. The van der Waals surface area contributed by atoms with Gasteiger partial charge in [-0.15, -0.1) is 11.8 Å². The van der Waals surface area contributed by atoms with Crippen molar-refractivity contribution in [2.75, 3.05) is 0 Å². The summed E-state index contributed by atoms with van der Waals surface area (Å²) >= 11 is 13.3. The molecule has 0 aliphatic rings. The van der Waals surface area contributed by atoms with Crippen molar-refractivity contribution in [2.45, 2.75) is 23.6 Å². The number of fused-ring (bicyclic) bond motifs is 1. The Morgan fingerprint density at radius 2 is 1.88 bits per heavy atom. The van der Waals surface area contributed by atoms with E-state index in [0.717, 1.165) is 16.2 Å². The molecular formula is C17H15Cl2N3OS. The molecule has 0 aliphatic carbocycles. The largest absolute Gasteiger partial charge is 0.349 e. The van der Waals surface area contributed by atoms with E-state index in [9.17, 15) is 4.79 Å². The number of benzene rings is 1. The molecule has 0 aliphatic heterocycles. The topological polar surface area (TPSA) is 46.4 Å². The molecule has 1 amide bonds. The molecule has 4 nitrogen and oxygen atoms in total. The van der Waals surface area contributed by atoms with Crippen molar-refractivity contribution in [1.29, 1.82) is 0 Å². The molecule has 0 radical (unpaired) electrons. The lowest BCUT2D eigenvalue weighted by molar-refractivity contribution is -0.120. The highest BCUT2D eigenvalue weighted by Crippen LogP contribution is 2.24. The molecule has 0 saturated carbocycles. The van der Waals surface area contributed by atoms with Crippen LogP contribution in [0.4, 0.5) is 0 Å². The standard InChI is InChI=1S/C17H15Cl2N3OS/c1-11(24-15-5-2-12(18)3-6-15)17(23)20-8-14-10-22-9-13(19)4-7-16(22)21-14/h2-7,9-11H,8H2,1H3,(H,20,23). The molecule has 3 rings (SSSR count). The third-order valence-electron chi connectivity index (χ3n) is 3.40. The Hall–Kier alpha value is -1.69. The minimum absolute atomic E-state index is 0.0370. The van der Waals surface area contributed by atoms with Crippen molar-refractivity contribution in [3.8, 4) is 0 Å². The van der Waals surface area contributed by atoms with Crippen molar-refractivity contribution < 1.29 is 4.79 Å². The Bertz CT molecular complexity index is 864. The van der Waals surface area contributed by atoms with E-state index in [-0.39, 0.29) is 11.2 Å². The minimum atomic E-state index is -0.211. The third kappa shape index (κ3) is 4.23. The summed E-state index contributed by atoms with van der Waals surface area (Å²) in [6.45, 7) is 2.25. The first kappa shape index (κ1) is 17.1. The number of halogens is 2. The van der Waals surface area contributed by atoms with Crippen LogP contribution in [0.25, 0.3) is 5.65 Å². The van der Waals surface area contributed by atoms with Gasteiger partial charge in [0.2, 0.25) is 5.91 Å². The molecule has 24 heavy (non-hydrogen) atoms. The van der Waals surface area contributed by atoms with Gasteiger partial charge in [-0.1, -0.05) is 23.2 Å². The van der Waals surface area contributed by atoms with Crippen molar-refractivity contribution >= 4 is 46.5 Å². The van der Waals surface area contributed by atoms with Crippen LogP contribution in [-0.2, 0) is 11.3 Å². The second-order valence-electron chi connectivity index (χ2n) is 5.28. The van der Waals surface area contributed by atoms with E-state index < -0.39 is 0 Å². The summed E-state index contributed by atoms with van der Waals surface area (Å²) < 4.78 is 1.84. The molecule has 3 aromatic rings. The Morgan fingerprint density at radius 3 is 2.62 bits per heavy atom. The summed E-state index contributed by atoms with van der Waals surface area (Å²) in [6.07, 6.45) is 3.65. The molecule has 1 N–H and O–H groups in total. The maximum atomic E-state index is 12.2. The van der Waals surface area contributed by atoms with E-state index in [4.69, 9.17) is 23.2 Å². The van der Waals surface area contributed by atoms with Crippen molar-refractivity contribution in [3.05, 3.63) is 64.5 Å². The molecule has 0 saturated heterocycles. The average molecular weight is 380 g/mol. The van der Waals surface area contributed by atoms with Crippen LogP contribution in [0.1, 0.15) is 12.6 Å². The molecule has 1 aromatic carbocycles. The zero-order valence-electron chi connectivity index (χ0n) is 12.9. The van der Waals surface area contributed by atoms with E-state index in [1.807, 2.05) is 47.9 Å². The van der Waals surface area contributed by atoms with Gasteiger partial charge in [-0.3, -0.25) is 4.79 Å². The summed E-state index contributed by atoms with van der Waals surface area (Å²) in [5.74, 6) is -0.0370. The molecule has 1 unspecified atom stereocenters. The Kier molecular flexibility index (Phi) is 5.33. The van der Waals surface area contributed by atoms with Crippen LogP contribution in [-0.4, -0.2) is 20.5 Å². The average Bonchev–Trinajstić information content (AvgIpc) is 2.96. The smallest absolute Gasteiger partial charge is 0.233 e. The summed E-state index contributed by atoms with van der Waals surface area (Å²) in [5, 5.41) is 4.03. The lowest BCUT2D eigenvalue weighted by atomic mass is 10.4. The first-order valence-electron chi connectivity index (χ1n) is 7.34. The monoisotopic (exact) mass is 379 g/mol. The number of hydrogen-bond donors (Lipinski definition) is 1. The number of nitrogens with one attached hydrogen (secondary N) is 1. The normalized spacial score (nSPS) is 12.3. The van der Waals surface area contributed by atoms with Gasteiger partial charge < -0.3 is 9.72 Å². The van der Waals surface area contributed by atoms with Gasteiger partial charge in [0.15, 0.2) is 0 Å². The maximum absolute atomic E-state index is 12.2. The fraction of sp³-hybridized carbons (Fsp3) is 0.176. The predicted octanol–water partition coefficient (Wildman–Crippen LogP) is 4.44. The highest BCUT2D eigenvalue weighted by atomic mass is 35.5. The number of hydrogen-bond acceptors (Lipinski definition) is 3. The molecular weight excluding hydrogens is 365 g/mol. The maximum Gasteiger partial charge on any atom is 0.233 e. The van der Waals surface area contributed by atoms with E-state index in [1.165, 1.54) is 11.8 Å². The molecule has 2 aromatic heterocycles. The highest BCUT2D eigenvalue weighted by molar-refractivity contribution is 8.00. The lowest BCUT2D eigenvalue weighted by Crippen LogP contribution is -2.30. The van der Waals surface area contributed by atoms with Crippen LogP contribution in [0.3, 0.4) is 0 Å². The molecule has 0 spiro atoms. The number of carbonyl (C=O) groups is 1. The van der Waals surface area contributed by atoms with Gasteiger partial charge in [-0.2, -0.15) is 0 Å². The number of nitrogens with zero attached hydrogens (tertiary/aromatic N) is 2. The quantitative estimate of drug-likeness (QED) is 0.666. The predicted molar refractivity (Wildman–Crippen MR) is 98.8 cm³/mol. The summed E-state index contributed by atoms with van der Waals surface area (Å²) in [5.41, 5.74) is 1.58. The van der Waals surface area contributed by atoms with E-state index in [2.05, 4.69) is 10.3 Å². The number of amides is 1. The molecule has 124 valence electrons. The van der Waals surface area contributed by atoms with Gasteiger partial charge >= 0.3 is 0 Å². The Morgan fingerprint density at radius 1 is 1.17 bits per heavy atom. The fourth-order valence-electron chi connectivity index (χ4n) is 2.19. The lowest BCUT2D eigenvalue weighted by Gasteiger charge is -2.11. The van der Waals surface area contributed by atoms with Crippen LogP contribution in [0.2, 0.25) is 10.0 Å². The Balaban J connectivity index is 1.58. The SMILES string of the molecule is CC(Sc1ccc(Cl)cc1)C(=O)NCc1cn2cc(Cl)ccc2n1. The van der Waals surface area contributed by atoms with Crippen LogP contribution in [0, 0.1) is 0 Å². The van der Waals surface area contributed by atoms with E-state index in [1.54, 1.807) is 12.3 Å². The zero-order chi connectivity index (χ0) is 17.1. The van der Waals surface area contributed by atoms with Crippen LogP contribution < -0.4 is 5.32 Å². The van der Waals surface area contributed by atoms with Gasteiger partial charge in [-0.25, -0.2) is 4.98 Å². The first-order valence-corrected chi connectivity index (χ1v) is 8.98. The van der Waals surface area contributed by atoms with Gasteiger partial charge in [0, 0.05) is 22.3 Å². The molecule has 0 fully saturated rings.